The standard InChI is InChI=1S/C16H24N2O3/c1-16(2,3)12-8-5-6-9-13(12)18-15(20)14(19)17-10-7-11-21-4/h5-6,8-9H,7,10-11H2,1-4H3,(H,17,19)(H,18,20). The number of amides is 2. The lowest BCUT2D eigenvalue weighted by molar-refractivity contribution is -0.136. The molecule has 1 aromatic rings. The Balaban J connectivity index is 2.65. The van der Waals surface area contributed by atoms with Gasteiger partial charge in [-0.1, -0.05) is 39.0 Å². The van der Waals surface area contributed by atoms with Crippen LogP contribution in [0.2, 0.25) is 0 Å². The van der Waals surface area contributed by atoms with Crippen LogP contribution in [0.15, 0.2) is 24.3 Å². The Morgan fingerprint density at radius 3 is 2.43 bits per heavy atom. The number of carbonyl (C=O) groups excluding carboxylic acids is 2. The number of rotatable bonds is 5. The lowest BCUT2D eigenvalue weighted by atomic mass is 9.86. The van der Waals surface area contributed by atoms with Crippen molar-refractivity contribution in [3.63, 3.8) is 0 Å². The van der Waals surface area contributed by atoms with E-state index in [1.807, 2.05) is 18.2 Å². The summed E-state index contributed by atoms with van der Waals surface area (Å²) in [7, 11) is 1.60. The van der Waals surface area contributed by atoms with Gasteiger partial charge in [0.1, 0.15) is 0 Å². The zero-order chi connectivity index (χ0) is 15.9. The highest BCUT2D eigenvalue weighted by Gasteiger charge is 2.20. The third kappa shape index (κ3) is 5.55. The van der Waals surface area contributed by atoms with Crippen molar-refractivity contribution in [1.82, 2.24) is 5.32 Å². The Morgan fingerprint density at radius 1 is 1.14 bits per heavy atom. The zero-order valence-corrected chi connectivity index (χ0v) is 13.2. The molecule has 2 N–H and O–H groups in total. The van der Waals surface area contributed by atoms with Crippen LogP contribution in [0, 0.1) is 0 Å². The van der Waals surface area contributed by atoms with Crippen LogP contribution in [0.1, 0.15) is 32.8 Å². The summed E-state index contributed by atoms with van der Waals surface area (Å²) in [4.78, 5) is 23.6. The molecule has 0 fully saturated rings. The topological polar surface area (TPSA) is 67.4 Å². The molecule has 5 heteroatoms. The maximum absolute atomic E-state index is 11.9. The molecule has 5 nitrogen and oxygen atoms in total. The molecule has 0 aromatic heterocycles. The number of hydrogen-bond donors (Lipinski definition) is 2. The Kier molecular flexibility index (Phi) is 6.37. The van der Waals surface area contributed by atoms with E-state index in [0.717, 1.165) is 5.56 Å². The molecule has 2 amide bonds. The Morgan fingerprint density at radius 2 is 1.81 bits per heavy atom. The average molecular weight is 292 g/mol. The van der Waals surface area contributed by atoms with Crippen molar-refractivity contribution in [2.24, 2.45) is 0 Å². The van der Waals surface area contributed by atoms with Crippen molar-refractivity contribution in [2.75, 3.05) is 25.6 Å². The number of ether oxygens (including phenoxy) is 1. The predicted molar refractivity (Wildman–Crippen MR) is 83.3 cm³/mol. The molecule has 0 heterocycles. The van der Waals surface area contributed by atoms with Crippen LogP contribution in [0.4, 0.5) is 5.69 Å². The fraction of sp³-hybridized carbons (Fsp3) is 0.500. The molecule has 1 aromatic carbocycles. The van der Waals surface area contributed by atoms with Crippen molar-refractivity contribution in [3.05, 3.63) is 29.8 Å². The van der Waals surface area contributed by atoms with E-state index in [0.29, 0.717) is 25.3 Å². The van der Waals surface area contributed by atoms with Crippen molar-refractivity contribution < 1.29 is 14.3 Å². The van der Waals surface area contributed by atoms with E-state index in [1.54, 1.807) is 13.2 Å². The van der Waals surface area contributed by atoms with Gasteiger partial charge in [-0.15, -0.1) is 0 Å². The summed E-state index contributed by atoms with van der Waals surface area (Å²) in [5.41, 5.74) is 1.55. The van der Waals surface area contributed by atoms with Crippen LogP contribution in [0.25, 0.3) is 0 Å². The maximum Gasteiger partial charge on any atom is 0.313 e. The van der Waals surface area contributed by atoms with Gasteiger partial charge in [0.15, 0.2) is 0 Å². The third-order valence-corrected chi connectivity index (χ3v) is 3.00. The van der Waals surface area contributed by atoms with E-state index < -0.39 is 11.8 Å². The number of benzene rings is 1. The number of para-hydroxylation sites is 1. The quantitative estimate of drug-likeness (QED) is 0.645. The highest BCUT2D eigenvalue weighted by molar-refractivity contribution is 6.39. The number of methoxy groups -OCH3 is 1. The van der Waals surface area contributed by atoms with Crippen molar-refractivity contribution >= 4 is 17.5 Å². The van der Waals surface area contributed by atoms with E-state index >= 15 is 0 Å². The molecule has 0 spiro atoms. The molecule has 0 bridgehead atoms. The lowest BCUT2D eigenvalue weighted by Crippen LogP contribution is -2.36. The molecule has 0 saturated heterocycles. The van der Waals surface area contributed by atoms with Crippen LogP contribution >= 0.6 is 0 Å². The number of carbonyl (C=O) groups is 2. The second-order valence-corrected chi connectivity index (χ2v) is 5.85. The van der Waals surface area contributed by atoms with Gasteiger partial charge in [0.05, 0.1) is 0 Å². The Bertz CT molecular complexity index is 493. The summed E-state index contributed by atoms with van der Waals surface area (Å²) in [5.74, 6) is -1.28. The van der Waals surface area contributed by atoms with E-state index in [-0.39, 0.29) is 5.41 Å². The summed E-state index contributed by atoms with van der Waals surface area (Å²) in [6.45, 7) is 7.14. The van der Waals surface area contributed by atoms with E-state index in [1.165, 1.54) is 0 Å². The first-order valence-electron chi connectivity index (χ1n) is 7.04. The Hall–Kier alpha value is -1.88. The first-order chi connectivity index (χ1) is 9.86. The molecule has 0 saturated carbocycles. The van der Waals surface area contributed by atoms with Gasteiger partial charge in [-0.05, 0) is 23.5 Å². The SMILES string of the molecule is COCCCNC(=O)C(=O)Nc1ccccc1C(C)(C)C. The Labute approximate surface area is 126 Å². The van der Waals surface area contributed by atoms with Crippen LogP contribution in [-0.4, -0.2) is 32.1 Å². The van der Waals surface area contributed by atoms with Gasteiger partial charge in [0.2, 0.25) is 0 Å². The van der Waals surface area contributed by atoms with E-state index in [9.17, 15) is 9.59 Å². The molecule has 0 aliphatic heterocycles. The molecule has 0 radical (unpaired) electrons. The van der Waals surface area contributed by atoms with Crippen LogP contribution < -0.4 is 10.6 Å². The van der Waals surface area contributed by atoms with Crippen molar-refractivity contribution in [3.8, 4) is 0 Å². The summed E-state index contributed by atoms with van der Waals surface area (Å²) in [5, 5.41) is 5.24. The van der Waals surface area contributed by atoms with E-state index in [2.05, 4.69) is 31.4 Å². The van der Waals surface area contributed by atoms with Gasteiger partial charge in [0.25, 0.3) is 0 Å². The first kappa shape index (κ1) is 17.2. The van der Waals surface area contributed by atoms with Gasteiger partial charge in [-0.25, -0.2) is 0 Å². The van der Waals surface area contributed by atoms with Gasteiger partial charge >= 0.3 is 11.8 Å². The highest BCUT2D eigenvalue weighted by atomic mass is 16.5. The lowest BCUT2D eigenvalue weighted by Gasteiger charge is -2.22. The predicted octanol–water partition coefficient (Wildman–Crippen LogP) is 2.08. The van der Waals surface area contributed by atoms with Crippen molar-refractivity contribution in [1.29, 1.82) is 0 Å². The molecule has 0 aliphatic carbocycles. The third-order valence-electron chi connectivity index (χ3n) is 3.00. The van der Waals surface area contributed by atoms with Crippen LogP contribution in [0.3, 0.4) is 0 Å². The fourth-order valence-electron chi connectivity index (χ4n) is 1.92. The minimum atomic E-state index is -0.649. The molecule has 21 heavy (non-hydrogen) atoms. The van der Waals surface area contributed by atoms with Gasteiger partial charge in [-0.2, -0.15) is 0 Å². The summed E-state index contributed by atoms with van der Waals surface area (Å²) < 4.78 is 4.88. The number of nitrogens with one attached hydrogen (secondary N) is 2. The maximum atomic E-state index is 11.9. The normalized spacial score (nSPS) is 11.0. The smallest absolute Gasteiger partial charge is 0.313 e. The molecular formula is C16H24N2O3. The molecule has 0 aliphatic rings. The van der Waals surface area contributed by atoms with Crippen molar-refractivity contribution in [2.45, 2.75) is 32.6 Å². The summed E-state index contributed by atoms with van der Waals surface area (Å²) in [6, 6.07) is 7.51. The molecule has 1 rings (SSSR count). The minimum absolute atomic E-state index is 0.112. The number of anilines is 1. The average Bonchev–Trinajstić information content (AvgIpc) is 2.42. The molecule has 116 valence electrons. The second-order valence-electron chi connectivity index (χ2n) is 5.85. The molecular weight excluding hydrogens is 268 g/mol. The molecule has 0 unspecified atom stereocenters. The largest absolute Gasteiger partial charge is 0.385 e. The van der Waals surface area contributed by atoms with Gasteiger partial charge < -0.3 is 15.4 Å². The monoisotopic (exact) mass is 292 g/mol. The molecule has 0 atom stereocenters. The van der Waals surface area contributed by atoms with E-state index in [4.69, 9.17) is 4.74 Å². The summed E-state index contributed by atoms with van der Waals surface area (Å²) >= 11 is 0. The van der Waals surface area contributed by atoms with Gasteiger partial charge in [0, 0.05) is 25.9 Å². The van der Waals surface area contributed by atoms with Crippen LogP contribution in [-0.2, 0) is 19.7 Å². The fourth-order valence-corrected chi connectivity index (χ4v) is 1.92. The van der Waals surface area contributed by atoms with Crippen LogP contribution in [0.5, 0.6) is 0 Å². The summed E-state index contributed by atoms with van der Waals surface area (Å²) in [6.07, 6.45) is 0.675. The highest BCUT2D eigenvalue weighted by Crippen LogP contribution is 2.29. The zero-order valence-electron chi connectivity index (χ0n) is 13.2. The number of hydrogen-bond acceptors (Lipinski definition) is 3. The minimum Gasteiger partial charge on any atom is -0.385 e. The van der Waals surface area contributed by atoms with Gasteiger partial charge in [-0.3, -0.25) is 9.59 Å². The second kappa shape index (κ2) is 7.78. The first-order valence-corrected chi connectivity index (χ1v) is 7.04.